The van der Waals surface area contributed by atoms with E-state index < -0.39 is 27.0 Å². The molecule has 0 unspecified atom stereocenters. The molecule has 1 fully saturated rings. The molecule has 152 valence electrons. The van der Waals surface area contributed by atoms with Crippen LogP contribution < -0.4 is 9.46 Å². The molecule has 0 spiro atoms. The molecule has 2 atom stereocenters. The van der Waals surface area contributed by atoms with Crippen molar-refractivity contribution in [3.05, 3.63) is 65.7 Å². The first-order valence-corrected chi connectivity index (χ1v) is 11.3. The van der Waals surface area contributed by atoms with Gasteiger partial charge in [-0.1, -0.05) is 48.9 Å². The van der Waals surface area contributed by atoms with Gasteiger partial charge in [0.2, 0.25) is 10.0 Å². The van der Waals surface area contributed by atoms with Crippen molar-refractivity contribution < 1.29 is 17.5 Å². The molecule has 28 heavy (non-hydrogen) atoms. The average molecular weight is 406 g/mol. The normalized spacial score (nSPS) is 22.9. The van der Waals surface area contributed by atoms with Crippen molar-refractivity contribution in [2.24, 2.45) is 0 Å². The van der Waals surface area contributed by atoms with Crippen LogP contribution in [0.15, 0.2) is 54.6 Å². The largest absolute Gasteiger partial charge is 0.489 e. The van der Waals surface area contributed by atoms with E-state index in [-0.39, 0.29) is 0 Å². The number of alkyl halides is 1. The maximum atomic E-state index is 16.0. The summed E-state index contributed by atoms with van der Waals surface area (Å²) in [6.45, 7) is 3.64. The fraction of sp³-hybridized carbons (Fsp3) is 0.455. The van der Waals surface area contributed by atoms with E-state index in [1.807, 2.05) is 30.3 Å². The third-order valence-corrected chi connectivity index (χ3v) is 7.20. The summed E-state index contributed by atoms with van der Waals surface area (Å²) in [5.41, 5.74) is -0.155. The predicted molar refractivity (Wildman–Crippen MR) is 109 cm³/mol. The molecule has 2 aromatic rings. The van der Waals surface area contributed by atoms with Gasteiger partial charge >= 0.3 is 0 Å². The van der Waals surface area contributed by atoms with E-state index in [4.69, 9.17) is 4.74 Å². The Morgan fingerprint density at radius 1 is 1.11 bits per heavy atom. The Labute approximate surface area is 167 Å². The van der Waals surface area contributed by atoms with Crippen molar-refractivity contribution in [1.29, 1.82) is 0 Å². The molecule has 4 nitrogen and oxygen atoms in total. The van der Waals surface area contributed by atoms with Crippen molar-refractivity contribution in [1.82, 2.24) is 4.72 Å². The van der Waals surface area contributed by atoms with Crippen LogP contribution in [0.4, 0.5) is 4.39 Å². The number of hydrogen-bond donors (Lipinski definition) is 1. The molecule has 3 rings (SSSR count). The molecular weight excluding hydrogens is 377 g/mol. The quantitative estimate of drug-likeness (QED) is 0.726. The number of ether oxygens (including phenoxy) is 1. The second kappa shape index (κ2) is 8.62. The van der Waals surface area contributed by atoms with Crippen molar-refractivity contribution in [2.75, 3.05) is 0 Å². The average Bonchev–Trinajstić information content (AvgIpc) is 2.69. The highest BCUT2D eigenvalue weighted by Gasteiger charge is 2.44. The van der Waals surface area contributed by atoms with Gasteiger partial charge in [0.05, 0.1) is 11.3 Å². The van der Waals surface area contributed by atoms with Crippen LogP contribution in [0.3, 0.4) is 0 Å². The Bertz CT molecular complexity index is 868. The highest BCUT2D eigenvalue weighted by atomic mass is 32.2. The van der Waals surface area contributed by atoms with Gasteiger partial charge in [-0.15, -0.1) is 0 Å². The minimum Gasteiger partial charge on any atom is -0.489 e. The van der Waals surface area contributed by atoms with E-state index in [1.54, 1.807) is 38.1 Å². The van der Waals surface area contributed by atoms with Gasteiger partial charge in [0.15, 0.2) is 5.67 Å². The molecule has 1 aliphatic rings. The van der Waals surface area contributed by atoms with Crippen molar-refractivity contribution in [3.63, 3.8) is 0 Å². The summed E-state index contributed by atoms with van der Waals surface area (Å²) in [5, 5.41) is -0.590. The standard InChI is InChI=1S/C22H28FNO3S/c1-17(2)28(25,26)24-21-10-6-7-15-22(21,23)19-11-13-20(14-12-19)27-16-18-8-4-3-5-9-18/h3-5,8-9,11-14,17,21,24H,6-7,10,15-16H2,1-2H3/t21-,22+/m0/s1. The van der Waals surface area contributed by atoms with E-state index in [0.29, 0.717) is 30.8 Å². The number of hydrogen-bond acceptors (Lipinski definition) is 3. The van der Waals surface area contributed by atoms with Gasteiger partial charge in [-0.25, -0.2) is 17.5 Å². The summed E-state index contributed by atoms with van der Waals surface area (Å²) in [7, 11) is -3.54. The summed E-state index contributed by atoms with van der Waals surface area (Å²) >= 11 is 0. The summed E-state index contributed by atoms with van der Waals surface area (Å²) in [6, 6.07) is 16.0. The minimum atomic E-state index is -3.54. The fourth-order valence-electron chi connectivity index (χ4n) is 3.54. The fourth-order valence-corrected chi connectivity index (χ4v) is 4.51. The molecular formula is C22H28FNO3S. The van der Waals surface area contributed by atoms with Crippen LogP contribution in [-0.4, -0.2) is 19.7 Å². The first kappa shape index (κ1) is 20.8. The zero-order valence-electron chi connectivity index (χ0n) is 16.4. The Hall–Kier alpha value is -1.92. The maximum absolute atomic E-state index is 16.0. The molecule has 1 N–H and O–H groups in total. The first-order valence-electron chi connectivity index (χ1n) is 9.78. The van der Waals surface area contributed by atoms with Gasteiger partial charge in [0.25, 0.3) is 0 Å². The van der Waals surface area contributed by atoms with Crippen molar-refractivity contribution in [2.45, 2.75) is 63.1 Å². The Balaban J connectivity index is 1.74. The summed E-state index contributed by atoms with van der Waals surface area (Å²) < 4.78 is 48.9. The lowest BCUT2D eigenvalue weighted by Gasteiger charge is -2.38. The monoisotopic (exact) mass is 405 g/mol. The Morgan fingerprint density at radius 3 is 2.43 bits per heavy atom. The molecule has 1 saturated carbocycles. The lowest BCUT2D eigenvalue weighted by Crippen LogP contribution is -2.51. The topological polar surface area (TPSA) is 55.4 Å². The number of sulfonamides is 1. The molecule has 1 aliphatic carbocycles. The molecule has 0 aliphatic heterocycles. The van der Waals surface area contributed by atoms with Gasteiger partial charge < -0.3 is 4.74 Å². The van der Waals surface area contributed by atoms with Gasteiger partial charge in [0.1, 0.15) is 12.4 Å². The predicted octanol–water partition coefficient (Wildman–Crippen LogP) is 4.70. The lowest BCUT2D eigenvalue weighted by molar-refractivity contribution is 0.0711. The number of benzene rings is 2. The van der Waals surface area contributed by atoms with E-state index in [2.05, 4.69) is 4.72 Å². The summed E-state index contributed by atoms with van der Waals surface area (Å²) in [5.74, 6) is 0.659. The molecule has 0 heterocycles. The highest BCUT2D eigenvalue weighted by molar-refractivity contribution is 7.90. The highest BCUT2D eigenvalue weighted by Crippen LogP contribution is 2.42. The van der Waals surface area contributed by atoms with Crippen molar-refractivity contribution >= 4 is 10.0 Å². The molecule has 0 aromatic heterocycles. The molecule has 0 amide bonds. The van der Waals surface area contributed by atoms with Crippen LogP contribution in [0.2, 0.25) is 0 Å². The number of nitrogens with one attached hydrogen (secondary N) is 1. The van der Waals surface area contributed by atoms with Crippen LogP contribution in [0.1, 0.15) is 50.7 Å². The first-order chi connectivity index (χ1) is 13.3. The second-order valence-electron chi connectivity index (χ2n) is 7.67. The van der Waals surface area contributed by atoms with Gasteiger partial charge in [-0.3, -0.25) is 0 Å². The SMILES string of the molecule is CC(C)S(=O)(=O)N[C@H]1CCCC[C@@]1(F)c1ccc(OCc2ccccc2)cc1. The molecule has 6 heteroatoms. The Kier molecular flexibility index (Phi) is 6.40. The third-order valence-electron chi connectivity index (χ3n) is 5.35. The van der Waals surface area contributed by atoms with E-state index >= 15 is 4.39 Å². The van der Waals surface area contributed by atoms with Crippen LogP contribution in [0, 0.1) is 0 Å². The maximum Gasteiger partial charge on any atom is 0.214 e. The molecule has 0 radical (unpaired) electrons. The number of rotatable bonds is 7. The van der Waals surface area contributed by atoms with Gasteiger partial charge in [-0.05, 0) is 56.4 Å². The van der Waals surface area contributed by atoms with Crippen LogP contribution in [-0.2, 0) is 22.3 Å². The third kappa shape index (κ3) is 4.73. The zero-order valence-corrected chi connectivity index (χ0v) is 17.2. The Morgan fingerprint density at radius 2 is 1.79 bits per heavy atom. The minimum absolute atomic E-state index is 0.308. The van der Waals surface area contributed by atoms with E-state index in [1.165, 1.54) is 0 Å². The lowest BCUT2D eigenvalue weighted by atomic mass is 9.77. The molecule has 2 aromatic carbocycles. The van der Waals surface area contributed by atoms with Gasteiger partial charge in [-0.2, -0.15) is 0 Å². The molecule has 0 bridgehead atoms. The van der Waals surface area contributed by atoms with E-state index in [0.717, 1.165) is 18.4 Å². The van der Waals surface area contributed by atoms with E-state index in [9.17, 15) is 8.42 Å². The molecule has 0 saturated heterocycles. The summed E-state index contributed by atoms with van der Waals surface area (Å²) in [6.07, 6.45) is 2.36. The van der Waals surface area contributed by atoms with Gasteiger partial charge in [0, 0.05) is 0 Å². The van der Waals surface area contributed by atoms with Crippen LogP contribution >= 0.6 is 0 Å². The smallest absolute Gasteiger partial charge is 0.214 e. The second-order valence-corrected chi connectivity index (χ2v) is 9.94. The van der Waals surface area contributed by atoms with Crippen LogP contribution in [0.5, 0.6) is 5.75 Å². The number of halogens is 1. The van der Waals surface area contributed by atoms with Crippen molar-refractivity contribution in [3.8, 4) is 5.75 Å². The summed E-state index contributed by atoms with van der Waals surface area (Å²) in [4.78, 5) is 0. The van der Waals surface area contributed by atoms with Crippen LogP contribution in [0.25, 0.3) is 0 Å². The zero-order chi connectivity index (χ0) is 20.2.